The number of aliphatic imine (C=N–C) groups is 1. The number of carbonyl (C=O) groups excluding carboxylic acids is 1. The summed E-state index contributed by atoms with van der Waals surface area (Å²) in [5.41, 5.74) is 2.27. The highest BCUT2D eigenvalue weighted by Gasteiger charge is 2.34. The van der Waals surface area contributed by atoms with Gasteiger partial charge in [0.1, 0.15) is 0 Å². The molecule has 1 aliphatic heterocycles. The lowest BCUT2D eigenvalue weighted by molar-refractivity contribution is -0.126. The number of nitrogens with zero attached hydrogens (tertiary/aromatic N) is 3. The molecular weight excluding hydrogens is 354 g/mol. The van der Waals surface area contributed by atoms with Crippen LogP contribution in [0.2, 0.25) is 0 Å². The summed E-state index contributed by atoms with van der Waals surface area (Å²) in [6, 6.07) is 8.18. The van der Waals surface area contributed by atoms with Crippen LogP contribution in [0.5, 0.6) is 0 Å². The third kappa shape index (κ3) is 5.59. The molecule has 1 saturated heterocycles. The first kappa shape index (κ1) is 21.5. The smallest absolute Gasteiger partial charge is 0.165 e. The van der Waals surface area contributed by atoms with E-state index in [2.05, 4.69) is 31.7 Å². The van der Waals surface area contributed by atoms with Crippen molar-refractivity contribution >= 4 is 28.4 Å². The monoisotopic (exact) mass is 385 g/mol. The van der Waals surface area contributed by atoms with Crippen LogP contribution >= 0.6 is 11.8 Å². The average Bonchev–Trinajstić information content (AvgIpc) is 2.95. The molecule has 1 heterocycles. The number of nitriles is 1. The van der Waals surface area contributed by atoms with Gasteiger partial charge >= 0.3 is 0 Å². The molecule has 1 aromatic rings. The minimum absolute atomic E-state index is 0.238. The highest BCUT2D eigenvalue weighted by atomic mass is 32.2. The third-order valence-electron chi connectivity index (χ3n) is 4.79. The van der Waals surface area contributed by atoms with E-state index >= 15 is 0 Å². The van der Waals surface area contributed by atoms with Gasteiger partial charge in [0.15, 0.2) is 11.0 Å². The van der Waals surface area contributed by atoms with Gasteiger partial charge in [-0.2, -0.15) is 5.26 Å². The second-order valence-corrected chi connectivity index (χ2v) is 9.59. The predicted molar refractivity (Wildman–Crippen MR) is 114 cm³/mol. The summed E-state index contributed by atoms with van der Waals surface area (Å²) in [5.74, 6) is 1.77. The molecule has 0 aromatic heterocycles. The lowest BCUT2D eigenvalue weighted by Crippen LogP contribution is -2.42. The summed E-state index contributed by atoms with van der Waals surface area (Å²) >= 11 is 1.74. The van der Waals surface area contributed by atoms with Crippen LogP contribution in [0.4, 0.5) is 5.69 Å². The molecule has 0 radical (unpaired) electrons. The summed E-state index contributed by atoms with van der Waals surface area (Å²) in [6.07, 6.45) is 1.88. The summed E-state index contributed by atoms with van der Waals surface area (Å²) in [7, 11) is 0. The second-order valence-electron chi connectivity index (χ2n) is 8.60. The number of carbonyl (C=O) groups is 1. The van der Waals surface area contributed by atoms with Gasteiger partial charge in [0.05, 0.1) is 23.9 Å². The van der Waals surface area contributed by atoms with Gasteiger partial charge in [-0.15, -0.1) is 0 Å². The summed E-state index contributed by atoms with van der Waals surface area (Å²) in [5, 5.41) is 10.1. The highest BCUT2D eigenvalue weighted by molar-refractivity contribution is 8.14. The molecule has 0 amide bonds. The van der Waals surface area contributed by atoms with E-state index in [4.69, 9.17) is 10.3 Å². The van der Waals surface area contributed by atoms with E-state index in [1.54, 1.807) is 11.8 Å². The first-order valence-corrected chi connectivity index (χ1v) is 10.7. The molecule has 0 unspecified atom stereocenters. The van der Waals surface area contributed by atoms with Gasteiger partial charge in [0, 0.05) is 17.2 Å². The first-order chi connectivity index (χ1) is 12.7. The molecule has 0 bridgehead atoms. The van der Waals surface area contributed by atoms with E-state index in [0.717, 1.165) is 35.0 Å². The molecule has 0 aliphatic carbocycles. The van der Waals surface area contributed by atoms with Crippen molar-refractivity contribution in [3.8, 4) is 6.07 Å². The summed E-state index contributed by atoms with van der Waals surface area (Å²) in [4.78, 5) is 19.8. The molecule has 1 aliphatic rings. The van der Waals surface area contributed by atoms with Gasteiger partial charge < -0.3 is 4.90 Å². The lowest BCUT2D eigenvalue weighted by atomic mass is 9.90. The number of amidine groups is 1. The number of thioether (sulfide) groups is 1. The summed E-state index contributed by atoms with van der Waals surface area (Å²) < 4.78 is 0. The Hall–Kier alpha value is -1.80. The van der Waals surface area contributed by atoms with Gasteiger partial charge in [-0.1, -0.05) is 53.3 Å². The second kappa shape index (κ2) is 8.93. The normalized spacial score (nSPS) is 19.0. The molecule has 0 N–H and O–H groups in total. The SMILES string of the molecule is CCc1cc(C#N)ccc1N=C1SC[C@H](CC(C)C)N1CC(=O)C(C)(C)C. The number of aryl methyl sites for hydroxylation is 1. The van der Waals surface area contributed by atoms with Crippen molar-refractivity contribution in [1.29, 1.82) is 5.26 Å². The maximum atomic E-state index is 12.7. The standard InChI is InChI=1S/C22H31N3OS/c1-7-17-11-16(12-23)8-9-19(17)24-21-25(13-20(26)22(4,5)6)18(14-27-21)10-15(2)3/h8-9,11,15,18H,7,10,13-14H2,1-6H3/t18-/m0/s1. The predicted octanol–water partition coefficient (Wildman–Crippen LogP) is 5.19. The zero-order chi connectivity index (χ0) is 20.2. The molecule has 0 spiro atoms. The van der Waals surface area contributed by atoms with E-state index in [1.807, 2.05) is 39.0 Å². The fraction of sp³-hybridized carbons (Fsp3) is 0.591. The molecular formula is C22H31N3OS. The Morgan fingerprint density at radius 1 is 1.41 bits per heavy atom. The number of hydrogen-bond acceptors (Lipinski definition) is 4. The van der Waals surface area contributed by atoms with Crippen LogP contribution in [0, 0.1) is 22.7 Å². The van der Waals surface area contributed by atoms with E-state index in [-0.39, 0.29) is 11.2 Å². The van der Waals surface area contributed by atoms with E-state index < -0.39 is 0 Å². The quantitative estimate of drug-likeness (QED) is 0.676. The zero-order valence-electron chi connectivity index (χ0n) is 17.4. The number of benzene rings is 1. The Bertz CT molecular complexity index is 756. The van der Waals surface area contributed by atoms with Crippen LogP contribution in [0.3, 0.4) is 0 Å². The Labute approximate surface area is 168 Å². The Kier molecular flexibility index (Phi) is 7.11. The molecule has 146 valence electrons. The van der Waals surface area contributed by atoms with Gasteiger partial charge in [-0.05, 0) is 42.5 Å². The number of Topliss-reactive ketones (excluding diaryl/α,β-unsaturated/α-hetero) is 1. The fourth-order valence-electron chi connectivity index (χ4n) is 3.07. The van der Waals surface area contributed by atoms with Crippen molar-refractivity contribution in [2.75, 3.05) is 12.3 Å². The Balaban J connectivity index is 2.36. The molecule has 5 heteroatoms. The van der Waals surface area contributed by atoms with Crippen molar-refractivity contribution in [2.24, 2.45) is 16.3 Å². The zero-order valence-corrected chi connectivity index (χ0v) is 18.2. The van der Waals surface area contributed by atoms with E-state index in [1.165, 1.54) is 0 Å². The highest BCUT2D eigenvalue weighted by Crippen LogP contribution is 2.32. The van der Waals surface area contributed by atoms with Crippen LogP contribution in [0.1, 0.15) is 59.1 Å². The van der Waals surface area contributed by atoms with Crippen molar-refractivity contribution < 1.29 is 4.79 Å². The van der Waals surface area contributed by atoms with Crippen molar-refractivity contribution in [2.45, 2.75) is 60.4 Å². The lowest BCUT2D eigenvalue weighted by Gasteiger charge is -2.29. The Morgan fingerprint density at radius 3 is 2.67 bits per heavy atom. The van der Waals surface area contributed by atoms with Crippen molar-refractivity contribution in [1.82, 2.24) is 4.90 Å². The molecule has 27 heavy (non-hydrogen) atoms. The third-order valence-corrected chi connectivity index (χ3v) is 5.93. The van der Waals surface area contributed by atoms with Crippen LogP contribution in [0.25, 0.3) is 0 Å². The minimum Gasteiger partial charge on any atom is -0.340 e. The van der Waals surface area contributed by atoms with E-state index in [0.29, 0.717) is 24.1 Å². The number of ketones is 1. The Morgan fingerprint density at radius 2 is 2.11 bits per heavy atom. The fourth-order valence-corrected chi connectivity index (χ4v) is 4.27. The van der Waals surface area contributed by atoms with Crippen LogP contribution in [-0.4, -0.2) is 34.2 Å². The van der Waals surface area contributed by atoms with Crippen LogP contribution in [-0.2, 0) is 11.2 Å². The van der Waals surface area contributed by atoms with Crippen molar-refractivity contribution in [3.05, 3.63) is 29.3 Å². The minimum atomic E-state index is -0.357. The van der Waals surface area contributed by atoms with Crippen molar-refractivity contribution in [3.63, 3.8) is 0 Å². The number of hydrogen-bond donors (Lipinski definition) is 0. The first-order valence-electron chi connectivity index (χ1n) is 9.70. The summed E-state index contributed by atoms with van der Waals surface area (Å²) in [6.45, 7) is 12.8. The largest absolute Gasteiger partial charge is 0.340 e. The molecule has 0 saturated carbocycles. The molecule has 4 nitrogen and oxygen atoms in total. The van der Waals surface area contributed by atoms with E-state index in [9.17, 15) is 4.79 Å². The molecule has 1 atom stereocenters. The average molecular weight is 386 g/mol. The molecule has 1 fully saturated rings. The van der Waals surface area contributed by atoms with Gasteiger partial charge in [0.25, 0.3) is 0 Å². The van der Waals surface area contributed by atoms with Crippen LogP contribution < -0.4 is 0 Å². The van der Waals surface area contributed by atoms with Gasteiger partial charge in [-0.3, -0.25) is 4.79 Å². The number of rotatable bonds is 6. The molecule has 2 rings (SSSR count). The maximum absolute atomic E-state index is 12.7. The van der Waals surface area contributed by atoms with Gasteiger partial charge in [0.2, 0.25) is 0 Å². The topological polar surface area (TPSA) is 56.5 Å². The maximum Gasteiger partial charge on any atom is 0.165 e. The van der Waals surface area contributed by atoms with Crippen LogP contribution in [0.15, 0.2) is 23.2 Å². The molecule has 1 aromatic carbocycles. The van der Waals surface area contributed by atoms with Gasteiger partial charge in [-0.25, -0.2) is 4.99 Å².